The van der Waals surface area contributed by atoms with Crippen molar-refractivity contribution < 1.29 is 19.1 Å². The molecule has 1 heterocycles. The molecule has 0 unspecified atom stereocenters. The Kier molecular flexibility index (Phi) is 4.57. The monoisotopic (exact) mass is 320 g/mol. The van der Waals surface area contributed by atoms with Gasteiger partial charge in [-0.15, -0.1) is 0 Å². The summed E-state index contributed by atoms with van der Waals surface area (Å²) < 4.78 is 10.9. The topological polar surface area (TPSA) is 52.6 Å². The summed E-state index contributed by atoms with van der Waals surface area (Å²) >= 11 is 0. The Bertz CT molecular complexity index is 832. The van der Waals surface area contributed by atoms with Gasteiger partial charge in [-0.25, -0.2) is 0 Å². The van der Waals surface area contributed by atoms with E-state index in [9.17, 15) is 9.59 Å². The van der Waals surface area contributed by atoms with Crippen molar-refractivity contribution in [1.82, 2.24) is 0 Å². The first kappa shape index (κ1) is 15.7. The van der Waals surface area contributed by atoms with Crippen LogP contribution in [0.4, 0.5) is 0 Å². The summed E-state index contributed by atoms with van der Waals surface area (Å²) in [5, 5.41) is 0. The molecule has 120 valence electrons. The smallest absolute Gasteiger partial charge is 0.231 e. The lowest BCUT2D eigenvalue weighted by molar-refractivity contribution is -0.118. The molecular weight excluding hydrogens is 304 g/mol. The number of hydrogen-bond donors (Lipinski definition) is 0. The molecular formula is C20H16O4. The molecule has 1 aliphatic heterocycles. The van der Waals surface area contributed by atoms with E-state index in [1.165, 1.54) is 6.92 Å². The van der Waals surface area contributed by atoms with Gasteiger partial charge in [0.15, 0.2) is 11.5 Å². The van der Waals surface area contributed by atoms with E-state index in [0.717, 1.165) is 5.56 Å². The summed E-state index contributed by atoms with van der Waals surface area (Å²) in [5.41, 5.74) is 1.53. The first-order valence-electron chi connectivity index (χ1n) is 7.56. The van der Waals surface area contributed by atoms with Crippen LogP contribution in [0.15, 0.2) is 66.4 Å². The largest absolute Gasteiger partial charge is 0.486 e. The average Bonchev–Trinajstić information content (AvgIpc) is 2.90. The number of benzene rings is 2. The molecule has 0 atom stereocenters. The molecule has 0 saturated carbocycles. The van der Waals surface area contributed by atoms with E-state index in [2.05, 4.69) is 0 Å². The first-order valence-corrected chi connectivity index (χ1v) is 7.56. The Morgan fingerprint density at radius 2 is 1.96 bits per heavy atom. The van der Waals surface area contributed by atoms with Crippen molar-refractivity contribution in [2.45, 2.75) is 6.92 Å². The molecule has 0 N–H and O–H groups in total. The lowest BCUT2D eigenvalue weighted by atomic mass is 10.1. The van der Waals surface area contributed by atoms with Gasteiger partial charge in [-0.05, 0) is 30.7 Å². The molecule has 0 aliphatic carbocycles. The quantitative estimate of drug-likeness (QED) is 0.786. The van der Waals surface area contributed by atoms with E-state index < -0.39 is 0 Å². The van der Waals surface area contributed by atoms with Gasteiger partial charge in [0.05, 0.1) is 5.56 Å². The number of Topliss-reactive ketones (excluding diaryl/α,β-unsaturated/α-hetero) is 2. The van der Waals surface area contributed by atoms with Gasteiger partial charge in [0.1, 0.15) is 18.1 Å². The van der Waals surface area contributed by atoms with Gasteiger partial charge in [0.25, 0.3) is 0 Å². The predicted molar refractivity (Wildman–Crippen MR) is 91.1 cm³/mol. The van der Waals surface area contributed by atoms with Crippen LogP contribution < -0.4 is 9.47 Å². The molecule has 0 aromatic heterocycles. The van der Waals surface area contributed by atoms with Crippen molar-refractivity contribution in [2.24, 2.45) is 0 Å². The average molecular weight is 320 g/mol. The van der Waals surface area contributed by atoms with Crippen molar-refractivity contribution >= 4 is 17.6 Å². The summed E-state index contributed by atoms with van der Waals surface area (Å²) in [7, 11) is 0. The second kappa shape index (κ2) is 6.96. The highest BCUT2D eigenvalue weighted by molar-refractivity contribution is 6.12. The van der Waals surface area contributed by atoms with Gasteiger partial charge in [-0.3, -0.25) is 9.59 Å². The van der Waals surface area contributed by atoms with Crippen LogP contribution >= 0.6 is 0 Å². The number of carbonyl (C=O) groups excluding carboxylic acids is 2. The highest BCUT2D eigenvalue weighted by Gasteiger charge is 2.27. The van der Waals surface area contributed by atoms with Gasteiger partial charge in [0, 0.05) is 6.07 Å². The third kappa shape index (κ3) is 3.60. The molecule has 0 saturated heterocycles. The summed E-state index contributed by atoms with van der Waals surface area (Å²) in [6.45, 7) is 1.45. The molecule has 0 radical (unpaired) electrons. The lowest BCUT2D eigenvalue weighted by Crippen LogP contribution is -2.06. The Morgan fingerprint density at radius 1 is 1.17 bits per heavy atom. The highest BCUT2D eigenvalue weighted by atomic mass is 16.5. The third-order valence-electron chi connectivity index (χ3n) is 3.42. The Morgan fingerprint density at radius 3 is 2.71 bits per heavy atom. The Labute approximate surface area is 140 Å². The van der Waals surface area contributed by atoms with Gasteiger partial charge < -0.3 is 9.47 Å². The van der Waals surface area contributed by atoms with Crippen molar-refractivity contribution in [3.63, 3.8) is 0 Å². The lowest BCUT2D eigenvalue weighted by Gasteiger charge is -2.04. The van der Waals surface area contributed by atoms with E-state index in [1.54, 1.807) is 30.4 Å². The van der Waals surface area contributed by atoms with Gasteiger partial charge in [-0.1, -0.05) is 42.5 Å². The number of carbonyl (C=O) groups is 2. The zero-order valence-corrected chi connectivity index (χ0v) is 13.2. The molecule has 2 aromatic rings. The van der Waals surface area contributed by atoms with Gasteiger partial charge in [0.2, 0.25) is 5.78 Å². The zero-order valence-electron chi connectivity index (χ0n) is 13.2. The van der Waals surface area contributed by atoms with Crippen LogP contribution in [-0.4, -0.2) is 18.2 Å². The molecule has 0 fully saturated rings. The molecule has 0 amide bonds. The van der Waals surface area contributed by atoms with Crippen molar-refractivity contribution in [3.05, 3.63) is 77.6 Å². The maximum Gasteiger partial charge on any atom is 0.231 e. The van der Waals surface area contributed by atoms with E-state index in [1.807, 2.05) is 36.4 Å². The number of ether oxygens (including phenoxy) is 2. The minimum Gasteiger partial charge on any atom is -0.486 e. The van der Waals surface area contributed by atoms with Gasteiger partial charge in [-0.2, -0.15) is 0 Å². The van der Waals surface area contributed by atoms with E-state index in [0.29, 0.717) is 17.1 Å². The van der Waals surface area contributed by atoms with Crippen molar-refractivity contribution in [2.75, 3.05) is 6.61 Å². The van der Waals surface area contributed by atoms with Crippen LogP contribution in [-0.2, 0) is 4.79 Å². The summed E-state index contributed by atoms with van der Waals surface area (Å²) in [5.74, 6) is 0.971. The van der Waals surface area contributed by atoms with Crippen molar-refractivity contribution in [1.29, 1.82) is 0 Å². The first-order chi connectivity index (χ1) is 11.6. The van der Waals surface area contributed by atoms with Crippen LogP contribution in [0.2, 0.25) is 0 Å². The fraction of sp³-hybridized carbons (Fsp3) is 0.100. The standard InChI is InChI=1S/C20H16O4/c1-14(21)13-23-16-10-11-17-19(12-16)24-18(20(17)22)9-5-8-15-6-3-2-4-7-15/h2-12H,13H2,1H3/b8-5+,18-9-. The Balaban J connectivity index is 1.74. The third-order valence-corrected chi connectivity index (χ3v) is 3.42. The van der Waals surface area contributed by atoms with Crippen LogP contribution in [0.1, 0.15) is 22.8 Å². The SMILES string of the molecule is CC(=O)COc1ccc2c(c1)O/C(=C\C=C\c1ccccc1)C2=O. The fourth-order valence-electron chi connectivity index (χ4n) is 2.27. The molecule has 2 aromatic carbocycles. The highest BCUT2D eigenvalue weighted by Crippen LogP contribution is 2.34. The minimum atomic E-state index is -0.166. The van der Waals surface area contributed by atoms with Crippen LogP contribution in [0.25, 0.3) is 6.08 Å². The zero-order chi connectivity index (χ0) is 16.9. The molecule has 4 nitrogen and oxygen atoms in total. The molecule has 1 aliphatic rings. The minimum absolute atomic E-state index is 0.00472. The number of allylic oxidation sites excluding steroid dienone is 3. The van der Waals surface area contributed by atoms with Gasteiger partial charge >= 0.3 is 0 Å². The number of ketones is 2. The van der Waals surface area contributed by atoms with Crippen LogP contribution in [0.3, 0.4) is 0 Å². The maximum atomic E-state index is 12.3. The molecule has 3 rings (SSSR count). The number of hydrogen-bond acceptors (Lipinski definition) is 4. The van der Waals surface area contributed by atoms with E-state index in [-0.39, 0.29) is 23.9 Å². The summed E-state index contributed by atoms with van der Waals surface area (Å²) in [6.07, 6.45) is 5.32. The summed E-state index contributed by atoms with van der Waals surface area (Å²) in [4.78, 5) is 23.3. The number of rotatable bonds is 5. The second-order valence-corrected chi connectivity index (χ2v) is 5.38. The summed E-state index contributed by atoms with van der Waals surface area (Å²) in [6, 6.07) is 14.7. The predicted octanol–water partition coefficient (Wildman–Crippen LogP) is 3.83. The molecule has 24 heavy (non-hydrogen) atoms. The fourth-order valence-corrected chi connectivity index (χ4v) is 2.27. The van der Waals surface area contributed by atoms with E-state index >= 15 is 0 Å². The number of fused-ring (bicyclic) bond motifs is 1. The van der Waals surface area contributed by atoms with E-state index in [4.69, 9.17) is 9.47 Å². The van der Waals surface area contributed by atoms with Crippen LogP contribution in [0, 0.1) is 0 Å². The van der Waals surface area contributed by atoms with Crippen LogP contribution in [0.5, 0.6) is 11.5 Å². The van der Waals surface area contributed by atoms with Crippen molar-refractivity contribution in [3.8, 4) is 11.5 Å². The normalized spacial score (nSPS) is 14.7. The second-order valence-electron chi connectivity index (χ2n) is 5.38. The molecule has 0 bridgehead atoms. The molecule has 4 heteroatoms. The maximum absolute atomic E-state index is 12.3. The Hall–Kier alpha value is -3.14. The molecule has 0 spiro atoms.